The normalized spacial score (nSPS) is 10.6. The largest absolute Gasteiger partial charge is 0.492 e. The summed E-state index contributed by atoms with van der Waals surface area (Å²) in [6, 6.07) is 7.44. The molecule has 0 aliphatic heterocycles. The third kappa shape index (κ3) is 5.56. The molecule has 0 aliphatic carbocycles. The topological polar surface area (TPSA) is 44.8 Å². The molecule has 0 unspecified atom stereocenters. The summed E-state index contributed by atoms with van der Waals surface area (Å²) in [6.07, 6.45) is 0. The number of carbonyl (C=O) groups is 1. The van der Waals surface area contributed by atoms with Gasteiger partial charge in [-0.15, -0.1) is 0 Å². The molecule has 2 amide bonds. The van der Waals surface area contributed by atoms with E-state index in [1.807, 2.05) is 43.0 Å². The van der Waals surface area contributed by atoms with Gasteiger partial charge in [-0.1, -0.05) is 26.0 Å². The third-order valence-corrected chi connectivity index (χ3v) is 3.68. The molecule has 0 aliphatic rings. The van der Waals surface area contributed by atoms with Crippen LogP contribution in [-0.2, 0) is 0 Å². The van der Waals surface area contributed by atoms with Crippen molar-refractivity contribution >= 4 is 11.7 Å². The lowest BCUT2D eigenvalue weighted by atomic mass is 10.3. The van der Waals surface area contributed by atoms with Gasteiger partial charge in [0.05, 0.1) is 12.3 Å². The van der Waals surface area contributed by atoms with Crippen LogP contribution in [0, 0.1) is 0 Å². The van der Waals surface area contributed by atoms with Gasteiger partial charge in [-0.3, -0.25) is 0 Å². The monoisotopic (exact) mass is 307 g/mol. The average Bonchev–Trinajstić information content (AvgIpc) is 2.54. The Hall–Kier alpha value is -1.75. The summed E-state index contributed by atoms with van der Waals surface area (Å²) >= 11 is 0. The molecule has 0 spiro atoms. The Balaban J connectivity index is 2.65. The second kappa shape index (κ2) is 10.1. The van der Waals surface area contributed by atoms with Crippen LogP contribution in [0.5, 0.6) is 5.75 Å². The Bertz CT molecular complexity index is 447. The van der Waals surface area contributed by atoms with Gasteiger partial charge in [0.1, 0.15) is 5.75 Å². The van der Waals surface area contributed by atoms with E-state index in [2.05, 4.69) is 24.1 Å². The van der Waals surface area contributed by atoms with E-state index in [0.29, 0.717) is 18.9 Å². The van der Waals surface area contributed by atoms with Gasteiger partial charge in [-0.25, -0.2) is 4.79 Å². The highest BCUT2D eigenvalue weighted by Crippen LogP contribution is 2.23. The number of hydrogen-bond acceptors (Lipinski definition) is 3. The van der Waals surface area contributed by atoms with E-state index in [1.54, 1.807) is 0 Å². The number of ether oxygens (including phenoxy) is 1. The second-order valence-electron chi connectivity index (χ2n) is 4.97. The van der Waals surface area contributed by atoms with E-state index in [4.69, 9.17) is 4.74 Å². The van der Waals surface area contributed by atoms with Crippen LogP contribution in [0.15, 0.2) is 24.3 Å². The van der Waals surface area contributed by atoms with Crippen LogP contribution in [0.1, 0.15) is 27.7 Å². The lowest BCUT2D eigenvalue weighted by Crippen LogP contribution is -2.40. The van der Waals surface area contributed by atoms with Crippen molar-refractivity contribution < 1.29 is 9.53 Å². The Morgan fingerprint density at radius 1 is 1.05 bits per heavy atom. The lowest BCUT2D eigenvalue weighted by molar-refractivity contribution is 0.200. The van der Waals surface area contributed by atoms with E-state index >= 15 is 0 Å². The van der Waals surface area contributed by atoms with Crippen molar-refractivity contribution in [1.82, 2.24) is 9.80 Å². The zero-order valence-electron chi connectivity index (χ0n) is 14.3. The SMILES string of the molecule is CCOc1ccccc1NC(=O)N(CC)CCN(CC)CC. The minimum Gasteiger partial charge on any atom is -0.492 e. The lowest BCUT2D eigenvalue weighted by Gasteiger charge is -2.26. The molecule has 0 fully saturated rings. The minimum absolute atomic E-state index is 0.0817. The van der Waals surface area contributed by atoms with Crippen LogP contribution in [0.2, 0.25) is 0 Å². The number of nitrogens with one attached hydrogen (secondary N) is 1. The predicted octanol–water partition coefficient (Wildman–Crippen LogP) is 3.28. The fourth-order valence-electron chi connectivity index (χ4n) is 2.25. The van der Waals surface area contributed by atoms with Crippen LogP contribution < -0.4 is 10.1 Å². The number of anilines is 1. The van der Waals surface area contributed by atoms with Crippen LogP contribution in [0.3, 0.4) is 0 Å². The van der Waals surface area contributed by atoms with Crippen molar-refractivity contribution in [2.45, 2.75) is 27.7 Å². The summed E-state index contributed by atoms with van der Waals surface area (Å²) in [6.45, 7) is 13.1. The molecule has 0 bridgehead atoms. The fourth-order valence-corrected chi connectivity index (χ4v) is 2.25. The number of carbonyl (C=O) groups excluding carboxylic acids is 1. The maximum atomic E-state index is 12.4. The smallest absolute Gasteiger partial charge is 0.321 e. The number of para-hydroxylation sites is 2. The van der Waals surface area contributed by atoms with E-state index in [-0.39, 0.29) is 6.03 Å². The van der Waals surface area contributed by atoms with Crippen molar-refractivity contribution in [3.63, 3.8) is 0 Å². The molecule has 0 saturated heterocycles. The third-order valence-electron chi connectivity index (χ3n) is 3.68. The van der Waals surface area contributed by atoms with Gasteiger partial charge < -0.3 is 19.9 Å². The van der Waals surface area contributed by atoms with Gasteiger partial charge in [-0.2, -0.15) is 0 Å². The zero-order chi connectivity index (χ0) is 16.4. The molecular weight excluding hydrogens is 278 g/mol. The van der Waals surface area contributed by atoms with Crippen molar-refractivity contribution in [3.8, 4) is 5.75 Å². The second-order valence-corrected chi connectivity index (χ2v) is 4.97. The molecule has 0 atom stereocenters. The first-order chi connectivity index (χ1) is 10.7. The molecule has 0 saturated carbocycles. The number of amides is 2. The molecule has 22 heavy (non-hydrogen) atoms. The van der Waals surface area contributed by atoms with Crippen molar-refractivity contribution in [1.29, 1.82) is 0 Å². The average molecular weight is 307 g/mol. The van der Waals surface area contributed by atoms with Gasteiger partial charge in [0, 0.05) is 19.6 Å². The molecular formula is C17H29N3O2. The van der Waals surface area contributed by atoms with Crippen molar-refractivity contribution in [3.05, 3.63) is 24.3 Å². The number of hydrogen-bond donors (Lipinski definition) is 1. The van der Waals surface area contributed by atoms with Crippen LogP contribution in [-0.4, -0.2) is 55.2 Å². The summed E-state index contributed by atoms with van der Waals surface area (Å²) in [5.41, 5.74) is 0.718. The van der Waals surface area contributed by atoms with Gasteiger partial charge in [0.15, 0.2) is 0 Å². The molecule has 0 radical (unpaired) electrons. The molecule has 5 nitrogen and oxygen atoms in total. The Labute approximate surface area is 134 Å². The van der Waals surface area contributed by atoms with Gasteiger partial charge in [-0.05, 0) is 39.1 Å². The van der Waals surface area contributed by atoms with Crippen molar-refractivity contribution in [2.24, 2.45) is 0 Å². The Kier molecular flexibility index (Phi) is 8.36. The maximum absolute atomic E-state index is 12.4. The molecule has 5 heteroatoms. The first-order valence-electron chi connectivity index (χ1n) is 8.16. The van der Waals surface area contributed by atoms with E-state index < -0.39 is 0 Å². The molecule has 1 aromatic rings. The highest BCUT2D eigenvalue weighted by molar-refractivity contribution is 5.90. The fraction of sp³-hybridized carbons (Fsp3) is 0.588. The first-order valence-corrected chi connectivity index (χ1v) is 8.16. The Morgan fingerprint density at radius 3 is 2.32 bits per heavy atom. The van der Waals surface area contributed by atoms with Gasteiger partial charge in [0.2, 0.25) is 0 Å². The molecule has 1 rings (SSSR count). The summed E-state index contributed by atoms with van der Waals surface area (Å²) < 4.78 is 5.54. The summed E-state index contributed by atoms with van der Waals surface area (Å²) in [5, 5.41) is 2.95. The van der Waals surface area contributed by atoms with E-state index in [1.165, 1.54) is 0 Å². The zero-order valence-corrected chi connectivity index (χ0v) is 14.3. The number of benzene rings is 1. The van der Waals surface area contributed by atoms with Gasteiger partial charge >= 0.3 is 6.03 Å². The first kappa shape index (κ1) is 18.3. The summed E-state index contributed by atoms with van der Waals surface area (Å²) in [7, 11) is 0. The number of rotatable bonds is 9. The van der Waals surface area contributed by atoms with E-state index in [0.717, 1.165) is 31.9 Å². The number of urea groups is 1. The highest BCUT2D eigenvalue weighted by atomic mass is 16.5. The summed E-state index contributed by atoms with van der Waals surface area (Å²) in [4.78, 5) is 16.6. The van der Waals surface area contributed by atoms with Crippen LogP contribution in [0.4, 0.5) is 10.5 Å². The van der Waals surface area contributed by atoms with E-state index in [9.17, 15) is 4.79 Å². The summed E-state index contributed by atoms with van der Waals surface area (Å²) in [5.74, 6) is 0.707. The number of likely N-dealkylation sites (N-methyl/N-ethyl adjacent to an activating group) is 2. The van der Waals surface area contributed by atoms with Crippen molar-refractivity contribution in [2.75, 3.05) is 44.6 Å². The molecule has 1 aromatic carbocycles. The molecule has 0 heterocycles. The molecule has 1 N–H and O–H groups in total. The quantitative estimate of drug-likeness (QED) is 0.761. The predicted molar refractivity (Wildman–Crippen MR) is 91.7 cm³/mol. The van der Waals surface area contributed by atoms with Crippen LogP contribution in [0.25, 0.3) is 0 Å². The highest BCUT2D eigenvalue weighted by Gasteiger charge is 2.14. The maximum Gasteiger partial charge on any atom is 0.321 e. The van der Waals surface area contributed by atoms with Gasteiger partial charge in [0.25, 0.3) is 0 Å². The molecule has 124 valence electrons. The molecule has 0 aromatic heterocycles. The van der Waals surface area contributed by atoms with Crippen LogP contribution >= 0.6 is 0 Å². The Morgan fingerprint density at radius 2 is 1.73 bits per heavy atom. The minimum atomic E-state index is -0.0817. The standard InChI is InChI=1S/C17H29N3O2/c1-5-19(6-2)13-14-20(7-3)17(21)18-15-11-9-10-12-16(15)22-8-4/h9-12H,5-8,13-14H2,1-4H3,(H,18,21). The number of nitrogens with zero attached hydrogens (tertiary/aromatic N) is 2.